The van der Waals surface area contributed by atoms with Crippen LogP contribution >= 0.6 is 11.3 Å². The van der Waals surface area contributed by atoms with E-state index in [1.807, 2.05) is 48.9 Å². The molecule has 0 saturated carbocycles. The van der Waals surface area contributed by atoms with Gasteiger partial charge in [0.1, 0.15) is 10.8 Å². The summed E-state index contributed by atoms with van der Waals surface area (Å²) in [6, 6.07) is 4.01. The molecule has 0 amide bonds. The Kier molecular flexibility index (Phi) is 3.36. The SMILES string of the molecule is CN(C)c1ccc(NCc2nccs2)cn1. The van der Waals surface area contributed by atoms with Gasteiger partial charge in [-0.25, -0.2) is 9.97 Å². The van der Waals surface area contributed by atoms with E-state index in [9.17, 15) is 0 Å². The molecule has 0 aliphatic rings. The van der Waals surface area contributed by atoms with Crippen LogP contribution in [0.2, 0.25) is 0 Å². The van der Waals surface area contributed by atoms with Crippen molar-refractivity contribution < 1.29 is 0 Å². The molecule has 1 N–H and O–H groups in total. The molecule has 0 aromatic carbocycles. The molecule has 5 heteroatoms. The lowest BCUT2D eigenvalue weighted by Crippen LogP contribution is -2.10. The maximum atomic E-state index is 4.32. The standard InChI is InChI=1S/C11H14N4S/c1-15(2)10-4-3-9(7-14-10)13-8-11-12-5-6-16-11/h3-7,13H,8H2,1-2H3. The van der Waals surface area contributed by atoms with Gasteiger partial charge in [-0.05, 0) is 12.1 Å². The van der Waals surface area contributed by atoms with Crippen molar-refractivity contribution in [1.82, 2.24) is 9.97 Å². The van der Waals surface area contributed by atoms with Crippen LogP contribution in [0.1, 0.15) is 5.01 Å². The van der Waals surface area contributed by atoms with Crippen molar-refractivity contribution in [3.63, 3.8) is 0 Å². The quantitative estimate of drug-likeness (QED) is 0.880. The largest absolute Gasteiger partial charge is 0.377 e. The summed E-state index contributed by atoms with van der Waals surface area (Å²) in [4.78, 5) is 10.5. The predicted octanol–water partition coefficient (Wildman–Crippen LogP) is 2.22. The maximum Gasteiger partial charge on any atom is 0.128 e. The lowest BCUT2D eigenvalue weighted by atomic mass is 10.4. The Balaban J connectivity index is 1.95. The van der Waals surface area contributed by atoms with E-state index in [-0.39, 0.29) is 0 Å². The zero-order valence-corrected chi connectivity index (χ0v) is 10.2. The molecule has 2 aromatic rings. The molecule has 0 saturated heterocycles. The first-order valence-electron chi connectivity index (χ1n) is 5.01. The average Bonchev–Trinajstić information content (AvgIpc) is 2.80. The minimum atomic E-state index is 0.751. The van der Waals surface area contributed by atoms with E-state index in [1.165, 1.54) is 0 Å². The van der Waals surface area contributed by atoms with E-state index >= 15 is 0 Å². The molecular formula is C11H14N4S. The first kappa shape index (κ1) is 10.9. The number of anilines is 2. The predicted molar refractivity (Wildman–Crippen MR) is 68.0 cm³/mol. The second-order valence-corrected chi connectivity index (χ2v) is 4.56. The highest BCUT2D eigenvalue weighted by atomic mass is 32.1. The Hall–Kier alpha value is -1.62. The molecule has 0 radical (unpaired) electrons. The van der Waals surface area contributed by atoms with Gasteiger partial charge in [0.05, 0.1) is 18.4 Å². The van der Waals surface area contributed by atoms with Crippen molar-refractivity contribution in [2.75, 3.05) is 24.3 Å². The van der Waals surface area contributed by atoms with Gasteiger partial charge in [-0.1, -0.05) is 0 Å². The lowest BCUT2D eigenvalue weighted by Gasteiger charge is -2.11. The van der Waals surface area contributed by atoms with E-state index in [4.69, 9.17) is 0 Å². The summed E-state index contributed by atoms with van der Waals surface area (Å²) >= 11 is 1.65. The van der Waals surface area contributed by atoms with E-state index in [0.717, 1.165) is 23.1 Å². The van der Waals surface area contributed by atoms with E-state index in [2.05, 4.69) is 15.3 Å². The molecule has 84 valence electrons. The number of hydrogen-bond donors (Lipinski definition) is 1. The molecule has 16 heavy (non-hydrogen) atoms. The summed E-state index contributed by atoms with van der Waals surface area (Å²) in [6.45, 7) is 0.751. The van der Waals surface area contributed by atoms with Gasteiger partial charge in [-0.3, -0.25) is 0 Å². The molecule has 0 spiro atoms. The number of rotatable bonds is 4. The first-order chi connectivity index (χ1) is 7.75. The summed E-state index contributed by atoms with van der Waals surface area (Å²) < 4.78 is 0. The highest BCUT2D eigenvalue weighted by Gasteiger charge is 1.98. The van der Waals surface area contributed by atoms with Gasteiger partial charge in [0.15, 0.2) is 0 Å². The van der Waals surface area contributed by atoms with Crippen molar-refractivity contribution in [3.8, 4) is 0 Å². The molecule has 0 aliphatic heterocycles. The topological polar surface area (TPSA) is 41.0 Å². The van der Waals surface area contributed by atoms with Gasteiger partial charge in [-0.15, -0.1) is 11.3 Å². The van der Waals surface area contributed by atoms with Gasteiger partial charge in [-0.2, -0.15) is 0 Å². The van der Waals surface area contributed by atoms with Gasteiger partial charge < -0.3 is 10.2 Å². The number of thiazole rings is 1. The monoisotopic (exact) mass is 234 g/mol. The second kappa shape index (κ2) is 4.94. The molecule has 0 atom stereocenters. The summed E-state index contributed by atoms with van der Waals surface area (Å²) in [5.41, 5.74) is 1.01. The van der Waals surface area contributed by atoms with E-state index in [0.29, 0.717) is 0 Å². The van der Waals surface area contributed by atoms with Crippen molar-refractivity contribution in [1.29, 1.82) is 0 Å². The fourth-order valence-electron chi connectivity index (χ4n) is 1.27. The molecule has 2 aromatic heterocycles. The van der Waals surface area contributed by atoms with Gasteiger partial charge >= 0.3 is 0 Å². The van der Waals surface area contributed by atoms with Gasteiger partial charge in [0.2, 0.25) is 0 Å². The Morgan fingerprint density at radius 1 is 1.31 bits per heavy atom. The van der Waals surface area contributed by atoms with Crippen LogP contribution in [-0.2, 0) is 6.54 Å². The van der Waals surface area contributed by atoms with Crippen molar-refractivity contribution in [2.45, 2.75) is 6.54 Å². The molecular weight excluding hydrogens is 220 g/mol. The summed E-state index contributed by atoms with van der Waals surface area (Å²) in [5, 5.41) is 6.34. The lowest BCUT2D eigenvalue weighted by molar-refractivity contribution is 1.06. The molecule has 2 rings (SSSR count). The average molecular weight is 234 g/mol. The van der Waals surface area contributed by atoms with E-state index < -0.39 is 0 Å². The fraction of sp³-hybridized carbons (Fsp3) is 0.273. The Labute approximate surface area is 99.0 Å². The third kappa shape index (κ3) is 2.70. The highest BCUT2D eigenvalue weighted by Crippen LogP contribution is 2.13. The van der Waals surface area contributed by atoms with Crippen LogP contribution in [-0.4, -0.2) is 24.1 Å². The van der Waals surface area contributed by atoms with Crippen LogP contribution in [0.3, 0.4) is 0 Å². The number of aromatic nitrogens is 2. The number of nitrogens with zero attached hydrogens (tertiary/aromatic N) is 3. The van der Waals surface area contributed by atoms with Crippen LogP contribution in [0, 0.1) is 0 Å². The zero-order valence-electron chi connectivity index (χ0n) is 9.34. The van der Waals surface area contributed by atoms with E-state index in [1.54, 1.807) is 11.3 Å². The second-order valence-electron chi connectivity index (χ2n) is 3.58. The first-order valence-corrected chi connectivity index (χ1v) is 5.89. The number of nitrogens with one attached hydrogen (secondary N) is 1. The summed E-state index contributed by atoms with van der Waals surface area (Å²) in [7, 11) is 3.95. The normalized spacial score (nSPS) is 10.1. The van der Waals surface area contributed by atoms with Gasteiger partial charge in [0, 0.05) is 25.7 Å². The highest BCUT2D eigenvalue weighted by molar-refractivity contribution is 7.09. The number of pyridine rings is 1. The Morgan fingerprint density at radius 2 is 2.19 bits per heavy atom. The molecule has 0 unspecified atom stereocenters. The molecule has 0 aliphatic carbocycles. The van der Waals surface area contributed by atoms with Crippen LogP contribution in [0.4, 0.5) is 11.5 Å². The summed E-state index contributed by atoms with van der Waals surface area (Å²) in [5.74, 6) is 0.958. The van der Waals surface area contributed by atoms with Gasteiger partial charge in [0.25, 0.3) is 0 Å². The number of hydrogen-bond acceptors (Lipinski definition) is 5. The van der Waals surface area contributed by atoms with Crippen LogP contribution in [0.25, 0.3) is 0 Å². The van der Waals surface area contributed by atoms with Crippen molar-refractivity contribution >= 4 is 22.8 Å². The Morgan fingerprint density at radius 3 is 2.75 bits per heavy atom. The van der Waals surface area contributed by atoms with Crippen LogP contribution in [0.5, 0.6) is 0 Å². The summed E-state index contributed by atoms with van der Waals surface area (Å²) in [6.07, 6.45) is 3.65. The third-order valence-electron chi connectivity index (χ3n) is 2.13. The molecule has 2 heterocycles. The van der Waals surface area contributed by atoms with Crippen LogP contribution in [0.15, 0.2) is 29.9 Å². The molecule has 4 nitrogen and oxygen atoms in total. The maximum absolute atomic E-state index is 4.32. The van der Waals surface area contributed by atoms with Crippen molar-refractivity contribution in [3.05, 3.63) is 34.9 Å². The van der Waals surface area contributed by atoms with Crippen LogP contribution < -0.4 is 10.2 Å². The molecule has 0 bridgehead atoms. The Bertz CT molecular complexity index is 422. The smallest absolute Gasteiger partial charge is 0.128 e. The minimum Gasteiger partial charge on any atom is -0.377 e. The minimum absolute atomic E-state index is 0.751. The third-order valence-corrected chi connectivity index (χ3v) is 2.91. The zero-order chi connectivity index (χ0) is 11.4. The fourth-order valence-corrected chi connectivity index (χ4v) is 1.83. The van der Waals surface area contributed by atoms with Crippen molar-refractivity contribution in [2.24, 2.45) is 0 Å². The molecule has 0 fully saturated rings.